The molecule has 1 aliphatic rings. The molecule has 2 atom stereocenters. The number of esters is 1. The molecule has 0 unspecified atom stereocenters. The molecular weight excluding hydrogens is 460 g/mol. The third-order valence-corrected chi connectivity index (χ3v) is 5.82. The van der Waals surface area contributed by atoms with E-state index in [-0.39, 0.29) is 35.0 Å². The molecule has 10 nitrogen and oxygen atoms in total. The van der Waals surface area contributed by atoms with Crippen molar-refractivity contribution in [2.24, 2.45) is 0 Å². The fourth-order valence-electron chi connectivity index (χ4n) is 4.09. The van der Waals surface area contributed by atoms with E-state index in [0.29, 0.717) is 29.5 Å². The minimum Gasteiger partial charge on any atom is -0.507 e. The summed E-state index contributed by atoms with van der Waals surface area (Å²) < 4.78 is 11.8. The van der Waals surface area contributed by atoms with Crippen LogP contribution >= 0.6 is 0 Å². The molecule has 3 aromatic carbocycles. The van der Waals surface area contributed by atoms with Gasteiger partial charge in [-0.1, -0.05) is 19.4 Å². The quantitative estimate of drug-likeness (QED) is 0.209. The van der Waals surface area contributed by atoms with Crippen molar-refractivity contribution in [2.45, 2.75) is 38.4 Å². The number of benzene rings is 3. The lowest BCUT2D eigenvalue weighted by Gasteiger charge is -2.35. The Morgan fingerprint density at radius 3 is 2.20 bits per heavy atom. The Morgan fingerprint density at radius 1 is 0.886 bits per heavy atom. The number of aromatic hydroxyl groups is 7. The van der Waals surface area contributed by atoms with E-state index in [2.05, 4.69) is 0 Å². The van der Waals surface area contributed by atoms with Crippen LogP contribution in [0.3, 0.4) is 0 Å². The third-order valence-electron chi connectivity index (χ3n) is 5.82. The van der Waals surface area contributed by atoms with Crippen LogP contribution in [0.25, 0.3) is 0 Å². The molecule has 3 aromatic rings. The normalized spacial score (nSPS) is 16.8. The summed E-state index contributed by atoms with van der Waals surface area (Å²) in [6.07, 6.45) is -1.01. The monoisotopic (exact) mass is 484 g/mol. The van der Waals surface area contributed by atoms with E-state index in [0.717, 1.165) is 12.1 Å². The summed E-state index contributed by atoms with van der Waals surface area (Å²) in [5.41, 5.74) is 0.856. The molecule has 35 heavy (non-hydrogen) atoms. The molecule has 10 heteroatoms. The molecule has 0 aliphatic carbocycles. The van der Waals surface area contributed by atoms with Crippen molar-refractivity contribution in [3.05, 3.63) is 58.7 Å². The van der Waals surface area contributed by atoms with Gasteiger partial charge in [-0.15, -0.1) is 0 Å². The average molecular weight is 484 g/mol. The standard InChI is InChI=1S/C25H24O10/c1-2-3-13-16(27)10-17(28)14-9-21(34-25(33)12-7-19(30)22(32)20(31)8-12)23(35-24(13)14)11-4-5-15(26)18(29)6-11/h4-8,10,21,23,26-32H,2-3,9H2,1H3/t21-,23+/m0/s1. The summed E-state index contributed by atoms with van der Waals surface area (Å²) in [4.78, 5) is 12.9. The third kappa shape index (κ3) is 4.37. The number of carbonyl (C=O) groups excluding carboxylic acids is 1. The molecule has 0 saturated heterocycles. The van der Waals surface area contributed by atoms with Crippen LogP contribution in [0.5, 0.6) is 46.0 Å². The minimum atomic E-state index is -1.07. The zero-order chi connectivity index (χ0) is 25.4. The summed E-state index contributed by atoms with van der Waals surface area (Å²) in [6.45, 7) is 1.91. The Morgan fingerprint density at radius 2 is 1.57 bits per heavy atom. The summed E-state index contributed by atoms with van der Waals surface area (Å²) in [6, 6.07) is 6.98. The molecule has 1 aliphatic heterocycles. The van der Waals surface area contributed by atoms with Crippen LogP contribution in [0, 0.1) is 0 Å². The van der Waals surface area contributed by atoms with Gasteiger partial charge in [0.1, 0.15) is 23.4 Å². The van der Waals surface area contributed by atoms with Gasteiger partial charge in [0.05, 0.1) is 5.56 Å². The molecule has 0 spiro atoms. The van der Waals surface area contributed by atoms with Crippen molar-refractivity contribution in [1.82, 2.24) is 0 Å². The molecule has 0 saturated carbocycles. The van der Waals surface area contributed by atoms with Gasteiger partial charge in [-0.25, -0.2) is 4.79 Å². The number of rotatable bonds is 5. The fraction of sp³-hybridized carbons (Fsp3) is 0.240. The van der Waals surface area contributed by atoms with Gasteiger partial charge in [0.25, 0.3) is 0 Å². The number of phenolic OH excluding ortho intramolecular Hbond substituents is 7. The van der Waals surface area contributed by atoms with Gasteiger partial charge in [-0.2, -0.15) is 0 Å². The van der Waals surface area contributed by atoms with E-state index in [4.69, 9.17) is 9.47 Å². The summed E-state index contributed by atoms with van der Waals surface area (Å²) in [5, 5.41) is 69.6. The predicted molar refractivity (Wildman–Crippen MR) is 121 cm³/mol. The van der Waals surface area contributed by atoms with Gasteiger partial charge in [-0.05, 0) is 30.7 Å². The van der Waals surface area contributed by atoms with Crippen LogP contribution in [0.1, 0.15) is 46.5 Å². The highest BCUT2D eigenvalue weighted by Crippen LogP contribution is 2.47. The van der Waals surface area contributed by atoms with E-state index in [1.807, 2.05) is 6.92 Å². The second-order valence-corrected chi connectivity index (χ2v) is 8.25. The zero-order valence-corrected chi connectivity index (χ0v) is 18.6. The van der Waals surface area contributed by atoms with Crippen molar-refractivity contribution in [3.63, 3.8) is 0 Å². The predicted octanol–water partition coefficient (Wildman–Crippen LogP) is 3.48. The van der Waals surface area contributed by atoms with E-state index in [1.54, 1.807) is 0 Å². The number of fused-ring (bicyclic) bond motifs is 1. The molecule has 1 heterocycles. The van der Waals surface area contributed by atoms with Gasteiger partial charge in [0.15, 0.2) is 34.9 Å². The molecule has 0 fully saturated rings. The van der Waals surface area contributed by atoms with Crippen LogP contribution in [-0.2, 0) is 17.6 Å². The van der Waals surface area contributed by atoms with Gasteiger partial charge >= 0.3 is 5.97 Å². The Bertz CT molecular complexity index is 1280. The lowest BCUT2D eigenvalue weighted by molar-refractivity contribution is -0.0192. The van der Waals surface area contributed by atoms with E-state index in [9.17, 15) is 40.5 Å². The van der Waals surface area contributed by atoms with Gasteiger partial charge in [0, 0.05) is 29.2 Å². The smallest absolute Gasteiger partial charge is 0.338 e. The number of carbonyl (C=O) groups is 1. The summed E-state index contributed by atoms with van der Waals surface area (Å²) in [7, 11) is 0. The van der Waals surface area contributed by atoms with Crippen molar-refractivity contribution >= 4 is 5.97 Å². The number of phenols is 7. The Kier molecular flexibility index (Phi) is 6.12. The highest BCUT2D eigenvalue weighted by Gasteiger charge is 2.38. The Labute approximate surface area is 199 Å². The number of ether oxygens (including phenoxy) is 2. The minimum absolute atomic E-state index is 0.0355. The molecule has 0 bridgehead atoms. The maximum atomic E-state index is 12.9. The highest BCUT2D eigenvalue weighted by molar-refractivity contribution is 5.91. The Balaban J connectivity index is 1.77. The van der Waals surface area contributed by atoms with Gasteiger partial charge < -0.3 is 45.2 Å². The van der Waals surface area contributed by atoms with Crippen molar-refractivity contribution in [3.8, 4) is 46.0 Å². The summed E-state index contributed by atoms with van der Waals surface area (Å²) >= 11 is 0. The molecule has 7 N–H and O–H groups in total. The van der Waals surface area contributed by atoms with Crippen LogP contribution in [0.4, 0.5) is 0 Å². The second kappa shape index (κ2) is 9.05. The zero-order valence-electron chi connectivity index (χ0n) is 18.6. The molecule has 0 radical (unpaired) electrons. The van der Waals surface area contributed by atoms with E-state index < -0.39 is 41.2 Å². The lowest BCUT2D eigenvalue weighted by atomic mass is 9.91. The molecule has 4 rings (SSSR count). The molecular formula is C25H24O10. The van der Waals surface area contributed by atoms with Crippen LogP contribution < -0.4 is 4.74 Å². The van der Waals surface area contributed by atoms with Crippen LogP contribution in [0.15, 0.2) is 36.4 Å². The first kappa shape index (κ1) is 23.7. The maximum absolute atomic E-state index is 12.9. The lowest BCUT2D eigenvalue weighted by Crippen LogP contribution is -2.35. The van der Waals surface area contributed by atoms with Crippen molar-refractivity contribution < 1.29 is 50.0 Å². The topological polar surface area (TPSA) is 177 Å². The molecule has 0 aromatic heterocycles. The second-order valence-electron chi connectivity index (χ2n) is 8.25. The number of hydrogen-bond acceptors (Lipinski definition) is 10. The first-order chi connectivity index (χ1) is 16.6. The Hall–Kier alpha value is -4.47. The SMILES string of the molecule is CCCc1c(O)cc(O)c2c1O[C@H](c1ccc(O)c(O)c1)[C@@H](OC(=O)c1cc(O)c(O)c(O)c1)C2. The fourth-order valence-corrected chi connectivity index (χ4v) is 4.09. The van der Waals surface area contributed by atoms with Gasteiger partial charge in [0.2, 0.25) is 0 Å². The largest absolute Gasteiger partial charge is 0.507 e. The van der Waals surface area contributed by atoms with Crippen LogP contribution in [0.2, 0.25) is 0 Å². The first-order valence-electron chi connectivity index (χ1n) is 10.8. The molecule has 0 amide bonds. The van der Waals surface area contributed by atoms with Crippen LogP contribution in [-0.4, -0.2) is 47.8 Å². The average Bonchev–Trinajstić information content (AvgIpc) is 2.81. The van der Waals surface area contributed by atoms with E-state index >= 15 is 0 Å². The first-order valence-corrected chi connectivity index (χ1v) is 10.8. The summed E-state index contributed by atoms with van der Waals surface area (Å²) in [5.74, 6) is -4.17. The molecule has 184 valence electrons. The van der Waals surface area contributed by atoms with E-state index in [1.165, 1.54) is 24.3 Å². The highest BCUT2D eigenvalue weighted by atomic mass is 16.6. The van der Waals surface area contributed by atoms with Gasteiger partial charge in [-0.3, -0.25) is 0 Å². The maximum Gasteiger partial charge on any atom is 0.338 e. The van der Waals surface area contributed by atoms with Crippen molar-refractivity contribution in [1.29, 1.82) is 0 Å². The van der Waals surface area contributed by atoms with Crippen molar-refractivity contribution in [2.75, 3.05) is 0 Å². The number of hydrogen-bond donors (Lipinski definition) is 7.